The van der Waals surface area contributed by atoms with E-state index in [1.165, 1.54) is 0 Å². The second-order valence-corrected chi connectivity index (χ2v) is 3.01. The molecular formula is C11H17NO. The summed E-state index contributed by atoms with van der Waals surface area (Å²) < 4.78 is 0. The summed E-state index contributed by atoms with van der Waals surface area (Å²) >= 11 is 0. The lowest BCUT2D eigenvalue weighted by molar-refractivity contribution is 0.00902. The molecule has 13 heavy (non-hydrogen) atoms. The number of aliphatic hydroxyl groups excluding tert-OH is 1. The van der Waals surface area contributed by atoms with Crippen LogP contribution >= 0.6 is 0 Å². The van der Waals surface area contributed by atoms with E-state index < -0.39 is 6.23 Å². The fourth-order valence-electron chi connectivity index (χ4n) is 1.41. The van der Waals surface area contributed by atoms with E-state index in [0.29, 0.717) is 0 Å². The predicted molar refractivity (Wildman–Crippen MR) is 54.3 cm³/mol. The average Bonchev–Trinajstić information content (AvgIpc) is 2.21. The van der Waals surface area contributed by atoms with E-state index in [1.807, 2.05) is 35.2 Å². The quantitative estimate of drug-likeness (QED) is 0.715. The van der Waals surface area contributed by atoms with Gasteiger partial charge in [0.25, 0.3) is 0 Å². The van der Waals surface area contributed by atoms with Gasteiger partial charge in [-0.15, -0.1) is 0 Å². The van der Waals surface area contributed by atoms with Gasteiger partial charge in [-0.25, -0.2) is 0 Å². The molecule has 0 amide bonds. The third-order valence-electron chi connectivity index (χ3n) is 2.26. The highest BCUT2D eigenvalue weighted by molar-refractivity contribution is 5.16. The van der Waals surface area contributed by atoms with Crippen molar-refractivity contribution in [2.24, 2.45) is 0 Å². The summed E-state index contributed by atoms with van der Waals surface area (Å²) in [6.07, 6.45) is -0.462. The van der Waals surface area contributed by atoms with Crippen LogP contribution in [0.5, 0.6) is 0 Å². The van der Waals surface area contributed by atoms with E-state index in [0.717, 1.165) is 18.7 Å². The Bertz CT molecular complexity index is 231. The van der Waals surface area contributed by atoms with Crippen LogP contribution in [0.25, 0.3) is 0 Å². The van der Waals surface area contributed by atoms with Crippen LogP contribution in [0, 0.1) is 0 Å². The summed E-state index contributed by atoms with van der Waals surface area (Å²) in [5, 5.41) is 9.91. The number of hydrogen-bond acceptors (Lipinski definition) is 2. The lowest BCUT2D eigenvalue weighted by atomic mass is 10.2. The van der Waals surface area contributed by atoms with Crippen molar-refractivity contribution in [1.82, 2.24) is 4.90 Å². The number of hydrogen-bond donors (Lipinski definition) is 1. The molecule has 0 fully saturated rings. The van der Waals surface area contributed by atoms with Crippen molar-refractivity contribution in [2.45, 2.75) is 20.1 Å². The largest absolute Gasteiger partial charge is 0.374 e. The van der Waals surface area contributed by atoms with Gasteiger partial charge < -0.3 is 5.11 Å². The Labute approximate surface area is 79.8 Å². The molecular weight excluding hydrogens is 162 g/mol. The van der Waals surface area contributed by atoms with Gasteiger partial charge in [0.2, 0.25) is 0 Å². The highest BCUT2D eigenvalue weighted by Crippen LogP contribution is 2.15. The van der Waals surface area contributed by atoms with E-state index >= 15 is 0 Å². The van der Waals surface area contributed by atoms with Crippen LogP contribution in [0.15, 0.2) is 30.3 Å². The minimum absolute atomic E-state index is 0.462. The van der Waals surface area contributed by atoms with Crippen LogP contribution in [-0.4, -0.2) is 23.1 Å². The Balaban J connectivity index is 2.72. The van der Waals surface area contributed by atoms with Crippen LogP contribution < -0.4 is 0 Å². The smallest absolute Gasteiger partial charge is 0.133 e. The van der Waals surface area contributed by atoms with E-state index in [1.54, 1.807) is 0 Å². The Morgan fingerprint density at radius 2 is 1.69 bits per heavy atom. The highest BCUT2D eigenvalue weighted by atomic mass is 16.3. The van der Waals surface area contributed by atoms with Gasteiger partial charge in [-0.2, -0.15) is 0 Å². The molecule has 2 nitrogen and oxygen atoms in total. The summed E-state index contributed by atoms with van der Waals surface area (Å²) in [5.74, 6) is 0. The number of benzene rings is 1. The van der Waals surface area contributed by atoms with E-state index in [9.17, 15) is 5.11 Å². The SMILES string of the molecule is CCN(CC)C(O)c1ccccc1. The van der Waals surface area contributed by atoms with Crippen molar-refractivity contribution in [2.75, 3.05) is 13.1 Å². The third-order valence-corrected chi connectivity index (χ3v) is 2.26. The molecule has 1 unspecified atom stereocenters. The van der Waals surface area contributed by atoms with Gasteiger partial charge in [0.15, 0.2) is 0 Å². The molecule has 1 atom stereocenters. The molecule has 0 bridgehead atoms. The van der Waals surface area contributed by atoms with E-state index in [-0.39, 0.29) is 0 Å². The Kier molecular flexibility index (Phi) is 3.93. The van der Waals surface area contributed by atoms with Gasteiger partial charge in [-0.05, 0) is 18.7 Å². The first kappa shape index (κ1) is 10.2. The summed E-state index contributed by atoms with van der Waals surface area (Å²) in [6.45, 7) is 5.84. The molecule has 0 aromatic heterocycles. The van der Waals surface area contributed by atoms with Gasteiger partial charge >= 0.3 is 0 Å². The zero-order valence-electron chi connectivity index (χ0n) is 8.27. The fraction of sp³-hybridized carbons (Fsp3) is 0.455. The van der Waals surface area contributed by atoms with Crippen molar-refractivity contribution in [3.8, 4) is 0 Å². The van der Waals surface area contributed by atoms with Crippen molar-refractivity contribution in [3.05, 3.63) is 35.9 Å². The first-order chi connectivity index (χ1) is 6.29. The molecule has 1 rings (SSSR count). The summed E-state index contributed by atoms with van der Waals surface area (Å²) in [6, 6.07) is 9.74. The monoisotopic (exact) mass is 179 g/mol. The van der Waals surface area contributed by atoms with E-state index in [2.05, 4.69) is 13.8 Å². The van der Waals surface area contributed by atoms with Gasteiger partial charge in [-0.3, -0.25) is 4.90 Å². The molecule has 0 radical (unpaired) electrons. The first-order valence-corrected chi connectivity index (χ1v) is 4.76. The molecule has 1 N–H and O–H groups in total. The topological polar surface area (TPSA) is 23.5 Å². The van der Waals surface area contributed by atoms with Crippen molar-refractivity contribution >= 4 is 0 Å². The predicted octanol–water partition coefficient (Wildman–Crippen LogP) is 2.02. The summed E-state index contributed by atoms with van der Waals surface area (Å²) in [4.78, 5) is 2.01. The second kappa shape index (κ2) is 5.00. The number of rotatable bonds is 4. The lowest BCUT2D eigenvalue weighted by Crippen LogP contribution is -2.28. The molecule has 0 saturated heterocycles. The van der Waals surface area contributed by atoms with Crippen LogP contribution in [0.1, 0.15) is 25.6 Å². The molecule has 0 saturated carbocycles. The number of aliphatic hydroxyl groups is 1. The lowest BCUT2D eigenvalue weighted by Gasteiger charge is -2.25. The molecule has 0 aliphatic heterocycles. The van der Waals surface area contributed by atoms with Crippen molar-refractivity contribution in [3.63, 3.8) is 0 Å². The molecule has 1 aromatic carbocycles. The van der Waals surface area contributed by atoms with Crippen LogP contribution in [0.2, 0.25) is 0 Å². The standard InChI is InChI=1S/C11H17NO/c1-3-12(4-2)11(13)10-8-6-5-7-9-10/h5-9,11,13H,3-4H2,1-2H3. The molecule has 0 aliphatic carbocycles. The molecule has 0 spiro atoms. The van der Waals surface area contributed by atoms with Gasteiger partial charge in [0.1, 0.15) is 6.23 Å². The maximum Gasteiger partial charge on any atom is 0.133 e. The van der Waals surface area contributed by atoms with Crippen LogP contribution in [0.4, 0.5) is 0 Å². The zero-order valence-corrected chi connectivity index (χ0v) is 8.27. The molecule has 72 valence electrons. The molecule has 0 heterocycles. The average molecular weight is 179 g/mol. The Morgan fingerprint density at radius 3 is 2.15 bits per heavy atom. The van der Waals surface area contributed by atoms with Gasteiger partial charge in [-0.1, -0.05) is 44.2 Å². The zero-order chi connectivity index (χ0) is 9.68. The first-order valence-electron chi connectivity index (χ1n) is 4.76. The summed E-state index contributed by atoms with van der Waals surface area (Å²) in [7, 11) is 0. The number of nitrogens with zero attached hydrogens (tertiary/aromatic N) is 1. The maximum absolute atomic E-state index is 9.91. The second-order valence-electron chi connectivity index (χ2n) is 3.01. The third kappa shape index (κ3) is 2.54. The van der Waals surface area contributed by atoms with Crippen molar-refractivity contribution in [1.29, 1.82) is 0 Å². The molecule has 0 aliphatic rings. The fourth-order valence-corrected chi connectivity index (χ4v) is 1.41. The Morgan fingerprint density at radius 1 is 1.15 bits per heavy atom. The van der Waals surface area contributed by atoms with Crippen molar-refractivity contribution < 1.29 is 5.11 Å². The van der Waals surface area contributed by atoms with Gasteiger partial charge in [0.05, 0.1) is 0 Å². The van der Waals surface area contributed by atoms with Crippen LogP contribution in [0.3, 0.4) is 0 Å². The summed E-state index contributed by atoms with van der Waals surface area (Å²) in [5.41, 5.74) is 0.964. The normalized spacial score (nSPS) is 13.2. The highest BCUT2D eigenvalue weighted by Gasteiger charge is 2.12. The van der Waals surface area contributed by atoms with Crippen LogP contribution in [-0.2, 0) is 0 Å². The molecule has 1 aromatic rings. The maximum atomic E-state index is 9.91. The van der Waals surface area contributed by atoms with Gasteiger partial charge in [0, 0.05) is 0 Å². The minimum atomic E-state index is -0.462. The van der Waals surface area contributed by atoms with E-state index in [4.69, 9.17) is 0 Å². The molecule has 2 heteroatoms. The Hall–Kier alpha value is -0.860. The minimum Gasteiger partial charge on any atom is -0.374 e.